The maximum absolute atomic E-state index is 8.39. The molecule has 0 fully saturated rings. The highest BCUT2D eigenvalue weighted by Gasteiger charge is 1.89. The van der Waals surface area contributed by atoms with Gasteiger partial charge in [-0.05, 0) is 6.42 Å². The van der Waals surface area contributed by atoms with Crippen molar-refractivity contribution in [1.29, 1.82) is 0 Å². The number of aliphatic hydroxyl groups is 1. The average Bonchev–Trinajstić information content (AvgIpc) is 1.65. The summed E-state index contributed by atoms with van der Waals surface area (Å²) in [6.07, 6.45) is -0.191. The Kier molecular flexibility index (Phi) is 3.28. The van der Waals surface area contributed by atoms with Crippen LogP contribution in [0.4, 0.5) is 0 Å². The van der Waals surface area contributed by atoms with E-state index in [4.69, 9.17) is 5.11 Å². The molecule has 0 aromatic carbocycles. The van der Waals surface area contributed by atoms with E-state index in [1.165, 1.54) is 0 Å². The fourth-order valence-corrected chi connectivity index (χ4v) is 0.177. The second kappa shape index (κ2) is 3.25. The Morgan fingerprint density at radius 3 is 2.50 bits per heavy atom. The highest BCUT2D eigenvalue weighted by molar-refractivity contribution is 7.79. The molecule has 2 radical (unpaired) electrons. The molecule has 1 nitrogen and oxygen atoms in total. The molecule has 0 bridgehead atoms. The van der Waals surface area contributed by atoms with Crippen LogP contribution in [-0.4, -0.2) is 16.6 Å². The summed E-state index contributed by atoms with van der Waals surface area (Å²) in [4.78, 5) is 0. The van der Waals surface area contributed by atoms with Gasteiger partial charge in [-0.25, -0.2) is 0 Å². The van der Waals surface area contributed by atoms with Crippen LogP contribution in [0, 0.1) is 6.92 Å². The molecule has 0 saturated heterocycles. The Labute approximate surface area is 43.0 Å². The van der Waals surface area contributed by atoms with Gasteiger partial charge in [0.2, 0.25) is 0 Å². The third-order valence-corrected chi connectivity index (χ3v) is 0.682. The molecule has 0 aliphatic rings. The number of hydrogen-bond acceptors (Lipinski definition) is 2. The maximum atomic E-state index is 8.39. The minimum Gasteiger partial charge on any atom is -0.388 e. The van der Waals surface area contributed by atoms with Crippen molar-refractivity contribution in [3.63, 3.8) is 0 Å². The molecule has 0 spiro atoms. The van der Waals surface area contributed by atoms with Crippen LogP contribution >= 0.6 is 12.2 Å². The lowest BCUT2D eigenvalue weighted by atomic mass is 10.3. The van der Waals surface area contributed by atoms with E-state index in [1.54, 1.807) is 0 Å². The minimum absolute atomic E-state index is 0.420. The summed E-state index contributed by atoms with van der Waals surface area (Å²) in [5.74, 6) is 0. The molecule has 2 heteroatoms. The Balaban J connectivity index is 2.96. The molecule has 0 saturated carbocycles. The summed E-state index contributed by atoms with van der Waals surface area (Å²) in [5.41, 5.74) is 0. The molecule has 1 unspecified atom stereocenters. The molecule has 6 heavy (non-hydrogen) atoms. The quantitative estimate of drug-likeness (QED) is 0.511. The van der Waals surface area contributed by atoms with Gasteiger partial charge in [0, 0.05) is 0 Å². The van der Waals surface area contributed by atoms with Crippen molar-refractivity contribution in [2.24, 2.45) is 0 Å². The van der Waals surface area contributed by atoms with Gasteiger partial charge in [0.25, 0.3) is 0 Å². The molecule has 0 aromatic rings. The smallest absolute Gasteiger partial charge is 0.0902 e. The molecule has 1 atom stereocenters. The van der Waals surface area contributed by atoms with E-state index >= 15 is 0 Å². The fourth-order valence-electron chi connectivity index (χ4n) is 0.0589. The van der Waals surface area contributed by atoms with Crippen LogP contribution < -0.4 is 0 Å². The van der Waals surface area contributed by atoms with Crippen LogP contribution in [0.1, 0.15) is 6.42 Å². The summed E-state index contributed by atoms with van der Waals surface area (Å²) in [6, 6.07) is 0. The molecule has 0 aromatic heterocycles. The average molecular weight is 102 g/mol. The Bertz CT molecular complexity index is 44.8. The molecule has 0 heterocycles. The maximum Gasteiger partial charge on any atom is 0.0902 e. The van der Waals surface area contributed by atoms with Crippen molar-refractivity contribution in [1.82, 2.24) is 0 Å². The predicted octanol–water partition coefficient (Wildman–Crippen LogP) is 0.448. The number of aliphatic hydroxyl groups excluding tert-OH is 1. The second-order valence-corrected chi connectivity index (χ2v) is 1.16. The molecule has 0 aliphatic heterocycles. The van der Waals surface area contributed by atoms with E-state index in [0.29, 0.717) is 6.42 Å². The van der Waals surface area contributed by atoms with E-state index in [1.807, 2.05) is 0 Å². The van der Waals surface area contributed by atoms with Crippen LogP contribution in [0.5, 0.6) is 0 Å². The second-order valence-electron chi connectivity index (χ2n) is 0.922. The van der Waals surface area contributed by atoms with Crippen LogP contribution in [-0.2, 0) is 0 Å². The lowest BCUT2D eigenvalue weighted by Crippen LogP contribution is -2.02. The number of hydrogen-bond donors (Lipinski definition) is 1. The largest absolute Gasteiger partial charge is 0.388 e. The zero-order valence-electron chi connectivity index (χ0n) is 3.35. The van der Waals surface area contributed by atoms with Gasteiger partial charge < -0.3 is 5.11 Å². The Morgan fingerprint density at radius 1 is 2.00 bits per heavy atom. The van der Waals surface area contributed by atoms with Crippen molar-refractivity contribution < 1.29 is 5.11 Å². The minimum atomic E-state index is -0.611. The van der Waals surface area contributed by atoms with E-state index in [9.17, 15) is 0 Å². The molecule has 0 aliphatic carbocycles. The van der Waals surface area contributed by atoms with E-state index < -0.39 is 6.10 Å². The van der Waals surface area contributed by atoms with E-state index in [2.05, 4.69) is 24.5 Å². The van der Waals surface area contributed by atoms with Crippen LogP contribution in [0.15, 0.2) is 0 Å². The normalized spacial score (nSPS) is 13.7. The van der Waals surface area contributed by atoms with E-state index in [0.717, 1.165) is 0 Å². The first-order chi connectivity index (χ1) is 2.81. The summed E-state index contributed by atoms with van der Waals surface area (Å²) in [7, 11) is 0. The summed E-state index contributed by atoms with van der Waals surface area (Å²) < 4.78 is 0. The van der Waals surface area contributed by atoms with Crippen molar-refractivity contribution >= 4 is 17.6 Å². The summed E-state index contributed by atoms with van der Waals surface area (Å²) >= 11 is 4.23. The van der Waals surface area contributed by atoms with Gasteiger partial charge in [-0.2, -0.15) is 0 Å². The molecular formula is C4H6OS. The molecule has 1 N–H and O–H groups in total. The van der Waals surface area contributed by atoms with Crippen LogP contribution in [0.3, 0.4) is 0 Å². The van der Waals surface area contributed by atoms with Crippen LogP contribution in [0.2, 0.25) is 0 Å². The fraction of sp³-hybridized carbons (Fsp3) is 0.500. The van der Waals surface area contributed by atoms with Gasteiger partial charge in [-0.3, -0.25) is 0 Å². The summed E-state index contributed by atoms with van der Waals surface area (Å²) in [6.45, 7) is 3.38. The van der Waals surface area contributed by atoms with Crippen molar-refractivity contribution in [2.45, 2.75) is 12.5 Å². The van der Waals surface area contributed by atoms with Gasteiger partial charge in [-0.15, -0.1) is 0 Å². The van der Waals surface area contributed by atoms with E-state index in [-0.39, 0.29) is 0 Å². The lowest BCUT2D eigenvalue weighted by molar-refractivity contribution is 0.251. The van der Waals surface area contributed by atoms with Gasteiger partial charge in [0.15, 0.2) is 0 Å². The Hall–Kier alpha value is 0.0500. The lowest BCUT2D eigenvalue weighted by Gasteiger charge is -1.90. The van der Waals surface area contributed by atoms with Crippen molar-refractivity contribution in [3.05, 3.63) is 6.92 Å². The highest BCUT2D eigenvalue weighted by Crippen LogP contribution is 1.81. The third kappa shape index (κ3) is 2.30. The molecular weight excluding hydrogens is 96.1 g/mol. The predicted molar refractivity (Wildman–Crippen MR) is 28.6 cm³/mol. The van der Waals surface area contributed by atoms with Gasteiger partial charge in [0.05, 0.1) is 11.5 Å². The zero-order chi connectivity index (χ0) is 4.99. The SMILES string of the molecule is [CH2]CC(O)[C]=S. The zero-order valence-corrected chi connectivity index (χ0v) is 4.16. The standard InChI is InChI=1S/C4H6OS/c1-2-4(5)3-6/h4-5H,1-2H2. The third-order valence-electron chi connectivity index (χ3n) is 0.409. The first-order valence-corrected chi connectivity index (χ1v) is 2.07. The van der Waals surface area contributed by atoms with Crippen LogP contribution in [0.25, 0.3) is 0 Å². The van der Waals surface area contributed by atoms with Gasteiger partial charge in [-0.1, -0.05) is 19.1 Å². The Morgan fingerprint density at radius 2 is 2.50 bits per heavy atom. The first kappa shape index (κ1) is 6.05. The topological polar surface area (TPSA) is 20.2 Å². The monoisotopic (exact) mass is 102 g/mol. The first-order valence-electron chi connectivity index (χ1n) is 1.66. The van der Waals surface area contributed by atoms with Crippen molar-refractivity contribution in [3.8, 4) is 0 Å². The van der Waals surface area contributed by atoms with Crippen molar-refractivity contribution in [2.75, 3.05) is 0 Å². The molecule has 0 amide bonds. The number of thiocarbonyl (C=S) groups is 1. The number of rotatable bonds is 2. The highest BCUT2D eigenvalue weighted by atomic mass is 32.1. The van der Waals surface area contributed by atoms with Gasteiger partial charge in [0.1, 0.15) is 0 Å². The molecule has 0 rings (SSSR count). The molecule has 34 valence electrons. The van der Waals surface area contributed by atoms with Gasteiger partial charge >= 0.3 is 0 Å². The summed E-state index contributed by atoms with van der Waals surface area (Å²) in [5, 5.41) is 10.6.